The second-order valence-corrected chi connectivity index (χ2v) is 5.01. The molecule has 2 heterocycles. The molecule has 1 aromatic carbocycles. The van der Waals surface area contributed by atoms with E-state index in [1.165, 1.54) is 12.4 Å². The molecule has 0 saturated heterocycles. The molecule has 0 radical (unpaired) electrons. The van der Waals surface area contributed by atoms with Gasteiger partial charge in [-0.25, -0.2) is 9.97 Å². The topological polar surface area (TPSA) is 79.4 Å². The molecule has 2 aromatic heterocycles. The molecule has 3 rings (SSSR count). The molecule has 0 atom stereocenters. The molecule has 0 unspecified atom stereocenters. The van der Waals surface area contributed by atoms with Crippen LogP contribution in [0.3, 0.4) is 0 Å². The summed E-state index contributed by atoms with van der Waals surface area (Å²) in [4.78, 5) is 8.05. The van der Waals surface area contributed by atoms with Gasteiger partial charge in [-0.3, -0.25) is 4.68 Å². The van der Waals surface area contributed by atoms with Crippen LogP contribution in [0.2, 0.25) is 5.02 Å². The number of nitriles is 1. The van der Waals surface area contributed by atoms with Crippen LogP contribution in [-0.4, -0.2) is 19.7 Å². The highest BCUT2D eigenvalue weighted by Gasteiger charge is 2.02. The van der Waals surface area contributed by atoms with E-state index in [1.807, 2.05) is 41.2 Å². The average Bonchev–Trinajstić information content (AvgIpc) is 2.97. The summed E-state index contributed by atoms with van der Waals surface area (Å²) in [5.74, 6) is 0.560. The molecule has 108 valence electrons. The Hall–Kier alpha value is -2.91. The van der Waals surface area contributed by atoms with Gasteiger partial charge in [0.15, 0.2) is 5.69 Å². The number of nitrogens with zero attached hydrogens (tertiary/aromatic N) is 5. The highest BCUT2D eigenvalue weighted by atomic mass is 35.5. The van der Waals surface area contributed by atoms with Crippen LogP contribution < -0.4 is 5.32 Å². The van der Waals surface area contributed by atoms with Gasteiger partial charge in [0.2, 0.25) is 0 Å². The minimum atomic E-state index is 0.281. The zero-order chi connectivity index (χ0) is 15.4. The summed E-state index contributed by atoms with van der Waals surface area (Å²) in [5, 5.41) is 16.8. The summed E-state index contributed by atoms with van der Waals surface area (Å²) in [7, 11) is 0. The van der Waals surface area contributed by atoms with Crippen LogP contribution in [0.15, 0.2) is 49.1 Å². The Morgan fingerprint density at radius 1 is 1.14 bits per heavy atom. The fourth-order valence-electron chi connectivity index (χ4n) is 1.89. The number of hydrogen-bond acceptors (Lipinski definition) is 5. The molecule has 0 aliphatic heterocycles. The number of aromatic nitrogens is 4. The van der Waals surface area contributed by atoms with Crippen molar-refractivity contribution in [3.63, 3.8) is 0 Å². The molecule has 0 bridgehead atoms. The third kappa shape index (κ3) is 3.40. The summed E-state index contributed by atoms with van der Waals surface area (Å²) in [6.45, 7) is 0.651. The summed E-state index contributed by atoms with van der Waals surface area (Å²) >= 11 is 5.87. The Kier molecular flexibility index (Phi) is 3.99. The van der Waals surface area contributed by atoms with Crippen LogP contribution >= 0.6 is 11.6 Å². The third-order valence-corrected chi connectivity index (χ3v) is 3.18. The van der Waals surface area contributed by atoms with Crippen molar-refractivity contribution in [1.29, 1.82) is 5.26 Å². The lowest BCUT2D eigenvalue weighted by Gasteiger charge is -2.02. The Morgan fingerprint density at radius 2 is 1.95 bits per heavy atom. The van der Waals surface area contributed by atoms with Crippen LogP contribution in [0.25, 0.3) is 0 Å². The number of anilines is 2. The lowest BCUT2D eigenvalue weighted by atomic mass is 10.2. The van der Waals surface area contributed by atoms with Crippen molar-refractivity contribution in [2.24, 2.45) is 0 Å². The van der Waals surface area contributed by atoms with E-state index in [9.17, 15) is 0 Å². The summed E-state index contributed by atoms with van der Waals surface area (Å²) in [5.41, 5.74) is 2.19. The minimum Gasteiger partial charge on any atom is -0.336 e. The van der Waals surface area contributed by atoms with Gasteiger partial charge in [0.1, 0.15) is 11.9 Å². The largest absolute Gasteiger partial charge is 0.336 e. The minimum absolute atomic E-state index is 0.281. The normalized spacial score (nSPS) is 10.2. The Labute approximate surface area is 132 Å². The molecule has 0 amide bonds. The SMILES string of the molecule is N#Cc1cnc(Nc2cnn(Cc3ccc(Cl)cc3)c2)cn1. The molecular formula is C15H11ClN6. The standard InChI is InChI=1S/C15H11ClN6/c16-12-3-1-11(2-4-12)9-22-10-14(7-20-22)21-15-8-18-13(5-17)6-19-15/h1-4,6-8,10H,9H2,(H,19,21). The molecule has 0 aliphatic rings. The number of benzene rings is 1. The van der Waals surface area contributed by atoms with Gasteiger partial charge in [0, 0.05) is 11.2 Å². The van der Waals surface area contributed by atoms with Crippen LogP contribution in [-0.2, 0) is 6.54 Å². The molecule has 6 nitrogen and oxygen atoms in total. The van der Waals surface area contributed by atoms with Crippen LogP contribution in [0.1, 0.15) is 11.3 Å². The first-order chi connectivity index (χ1) is 10.7. The maximum atomic E-state index is 8.68. The van der Waals surface area contributed by atoms with E-state index in [4.69, 9.17) is 16.9 Å². The van der Waals surface area contributed by atoms with E-state index >= 15 is 0 Å². The van der Waals surface area contributed by atoms with E-state index in [-0.39, 0.29) is 5.69 Å². The molecule has 22 heavy (non-hydrogen) atoms. The number of nitrogens with one attached hydrogen (secondary N) is 1. The summed E-state index contributed by atoms with van der Waals surface area (Å²) < 4.78 is 1.81. The molecule has 7 heteroatoms. The lowest BCUT2D eigenvalue weighted by Crippen LogP contribution is -1.99. The van der Waals surface area contributed by atoms with Crippen molar-refractivity contribution in [3.8, 4) is 6.07 Å². The molecule has 1 N–H and O–H groups in total. The van der Waals surface area contributed by atoms with Crippen LogP contribution in [0.5, 0.6) is 0 Å². The van der Waals surface area contributed by atoms with Gasteiger partial charge in [0.25, 0.3) is 0 Å². The highest BCUT2D eigenvalue weighted by molar-refractivity contribution is 6.30. The first kappa shape index (κ1) is 14.0. The van der Waals surface area contributed by atoms with Gasteiger partial charge in [-0.2, -0.15) is 10.4 Å². The van der Waals surface area contributed by atoms with E-state index < -0.39 is 0 Å². The van der Waals surface area contributed by atoms with Crippen molar-refractivity contribution in [3.05, 3.63) is 65.3 Å². The van der Waals surface area contributed by atoms with Crippen molar-refractivity contribution in [1.82, 2.24) is 19.7 Å². The van der Waals surface area contributed by atoms with Crippen molar-refractivity contribution in [2.45, 2.75) is 6.54 Å². The summed E-state index contributed by atoms with van der Waals surface area (Å²) in [6, 6.07) is 9.56. The zero-order valence-corrected chi connectivity index (χ0v) is 12.2. The van der Waals surface area contributed by atoms with Crippen LogP contribution in [0.4, 0.5) is 11.5 Å². The molecule has 0 fully saturated rings. The second kappa shape index (κ2) is 6.24. The van der Waals surface area contributed by atoms with E-state index in [0.717, 1.165) is 11.3 Å². The second-order valence-electron chi connectivity index (χ2n) is 4.58. The fourth-order valence-corrected chi connectivity index (χ4v) is 2.02. The van der Waals surface area contributed by atoms with Gasteiger partial charge in [-0.05, 0) is 17.7 Å². The van der Waals surface area contributed by atoms with Gasteiger partial charge in [-0.15, -0.1) is 0 Å². The summed E-state index contributed by atoms with van der Waals surface area (Å²) in [6.07, 6.45) is 6.50. The third-order valence-electron chi connectivity index (χ3n) is 2.93. The maximum absolute atomic E-state index is 8.68. The maximum Gasteiger partial charge on any atom is 0.158 e. The number of rotatable bonds is 4. The highest BCUT2D eigenvalue weighted by Crippen LogP contribution is 2.14. The molecule has 0 spiro atoms. The first-order valence-electron chi connectivity index (χ1n) is 6.49. The quantitative estimate of drug-likeness (QED) is 0.801. The Bertz CT molecular complexity index is 801. The van der Waals surface area contributed by atoms with E-state index in [1.54, 1.807) is 6.20 Å². The van der Waals surface area contributed by atoms with Gasteiger partial charge >= 0.3 is 0 Å². The van der Waals surface area contributed by atoms with E-state index in [2.05, 4.69) is 20.4 Å². The Morgan fingerprint density at radius 3 is 2.64 bits per heavy atom. The van der Waals surface area contributed by atoms with Gasteiger partial charge in [-0.1, -0.05) is 23.7 Å². The number of halogens is 1. The zero-order valence-electron chi connectivity index (χ0n) is 11.4. The average molecular weight is 311 g/mol. The molecule has 0 aliphatic carbocycles. The van der Waals surface area contributed by atoms with E-state index in [0.29, 0.717) is 17.4 Å². The lowest BCUT2D eigenvalue weighted by molar-refractivity contribution is 0.687. The predicted octanol–water partition coefficient (Wildman–Crippen LogP) is 2.99. The fraction of sp³-hybridized carbons (Fsp3) is 0.0667. The smallest absolute Gasteiger partial charge is 0.158 e. The van der Waals surface area contributed by atoms with Crippen molar-refractivity contribution < 1.29 is 0 Å². The predicted molar refractivity (Wildman–Crippen MR) is 82.8 cm³/mol. The van der Waals surface area contributed by atoms with Gasteiger partial charge < -0.3 is 5.32 Å². The molecular weight excluding hydrogens is 300 g/mol. The van der Waals surface area contributed by atoms with Crippen LogP contribution in [0, 0.1) is 11.3 Å². The Balaban J connectivity index is 1.68. The van der Waals surface area contributed by atoms with Crippen molar-refractivity contribution >= 4 is 23.1 Å². The van der Waals surface area contributed by atoms with Gasteiger partial charge in [0.05, 0.1) is 30.8 Å². The number of hydrogen-bond donors (Lipinski definition) is 1. The molecule has 0 saturated carbocycles. The first-order valence-corrected chi connectivity index (χ1v) is 6.87. The molecule has 3 aromatic rings. The monoisotopic (exact) mass is 310 g/mol. The van der Waals surface area contributed by atoms with Crippen molar-refractivity contribution in [2.75, 3.05) is 5.32 Å².